The Kier molecular flexibility index (Phi) is 6.31. The molecule has 0 spiro atoms. The van der Waals surface area contributed by atoms with E-state index in [1.165, 1.54) is 6.08 Å². The van der Waals surface area contributed by atoms with Crippen LogP contribution in [0.15, 0.2) is 34.6 Å². The van der Waals surface area contributed by atoms with Crippen LogP contribution in [-0.2, 0) is 23.9 Å². The first-order chi connectivity index (χ1) is 16.1. The molecule has 2 heterocycles. The number of rotatable bonds is 4. The zero-order valence-electron chi connectivity index (χ0n) is 21.8. The van der Waals surface area contributed by atoms with E-state index < -0.39 is 40.5 Å². The number of Topliss-reactive ketones (excluding diaryl/α,β-unsaturated/α-hetero) is 2. The molecule has 35 heavy (non-hydrogen) atoms. The summed E-state index contributed by atoms with van der Waals surface area (Å²) in [6.07, 6.45) is 3.14. The van der Waals surface area contributed by atoms with E-state index in [2.05, 4.69) is 0 Å². The van der Waals surface area contributed by atoms with Gasteiger partial charge in [-0.15, -0.1) is 0 Å². The second-order valence-electron chi connectivity index (χ2n) is 11.8. The third-order valence-corrected chi connectivity index (χ3v) is 9.11. The van der Waals surface area contributed by atoms with Crippen molar-refractivity contribution in [2.45, 2.75) is 104 Å². The zero-order chi connectivity index (χ0) is 26.1. The van der Waals surface area contributed by atoms with E-state index in [-0.39, 0.29) is 47.8 Å². The molecule has 4 aliphatic rings. The molecule has 7 heteroatoms. The van der Waals surface area contributed by atoms with Crippen LogP contribution in [0.25, 0.3) is 0 Å². The van der Waals surface area contributed by atoms with Crippen LogP contribution in [0.4, 0.5) is 0 Å². The fraction of sp³-hybridized carbons (Fsp3) is 0.679. The molecule has 0 aromatic heterocycles. The van der Waals surface area contributed by atoms with E-state index in [0.717, 1.165) is 0 Å². The Morgan fingerprint density at radius 3 is 2.54 bits per heavy atom. The largest absolute Gasteiger partial charge is 0.483 e. The van der Waals surface area contributed by atoms with Gasteiger partial charge in [-0.25, -0.2) is 0 Å². The van der Waals surface area contributed by atoms with Crippen molar-refractivity contribution in [3.8, 4) is 0 Å². The van der Waals surface area contributed by atoms with Crippen molar-refractivity contribution >= 4 is 17.3 Å². The van der Waals surface area contributed by atoms with Crippen LogP contribution in [0.2, 0.25) is 0 Å². The lowest BCUT2D eigenvalue weighted by molar-refractivity contribution is -0.279. The Balaban J connectivity index is 1.67. The van der Waals surface area contributed by atoms with Crippen molar-refractivity contribution in [1.29, 1.82) is 0 Å². The van der Waals surface area contributed by atoms with Gasteiger partial charge in [0.1, 0.15) is 5.60 Å². The van der Waals surface area contributed by atoms with E-state index in [9.17, 15) is 24.6 Å². The number of ketones is 3. The molecule has 0 unspecified atom stereocenters. The maximum atomic E-state index is 13.5. The summed E-state index contributed by atoms with van der Waals surface area (Å²) in [5.74, 6) is -1.88. The van der Waals surface area contributed by atoms with Crippen molar-refractivity contribution in [3.05, 3.63) is 34.6 Å². The monoisotopic (exact) mass is 486 g/mol. The molecule has 0 amide bonds. The Hall–Kier alpha value is -2.09. The normalized spacial score (nSPS) is 38.7. The summed E-state index contributed by atoms with van der Waals surface area (Å²) in [5.41, 5.74) is -1.57. The third kappa shape index (κ3) is 3.96. The van der Waals surface area contributed by atoms with E-state index >= 15 is 0 Å². The second kappa shape index (κ2) is 8.49. The molecule has 4 rings (SSSR count). The highest BCUT2D eigenvalue weighted by atomic mass is 16.5. The van der Waals surface area contributed by atoms with Gasteiger partial charge in [-0.2, -0.15) is 0 Å². The van der Waals surface area contributed by atoms with Gasteiger partial charge in [-0.3, -0.25) is 14.4 Å². The molecular weight excluding hydrogens is 448 g/mol. The molecule has 0 bridgehead atoms. The van der Waals surface area contributed by atoms with Gasteiger partial charge in [0.25, 0.3) is 0 Å². The van der Waals surface area contributed by atoms with E-state index in [0.29, 0.717) is 24.0 Å². The number of carbonyl (C=O) groups excluding carboxylic acids is 3. The molecule has 2 aliphatic carbocycles. The van der Waals surface area contributed by atoms with Gasteiger partial charge in [-0.1, -0.05) is 19.9 Å². The lowest BCUT2D eigenvalue weighted by atomic mass is 9.52. The smallest absolute Gasteiger partial charge is 0.224 e. The van der Waals surface area contributed by atoms with E-state index in [1.54, 1.807) is 40.7 Å². The van der Waals surface area contributed by atoms with Crippen LogP contribution in [0.3, 0.4) is 0 Å². The molecular formula is C28H38O7. The highest BCUT2D eigenvalue weighted by Crippen LogP contribution is 2.59. The summed E-state index contributed by atoms with van der Waals surface area (Å²) in [6.45, 7) is 12.4. The van der Waals surface area contributed by atoms with Gasteiger partial charge in [0.2, 0.25) is 5.78 Å². The number of carbonyl (C=O) groups is 3. The van der Waals surface area contributed by atoms with Gasteiger partial charge in [0, 0.05) is 34.8 Å². The Morgan fingerprint density at radius 1 is 1.29 bits per heavy atom. The second-order valence-corrected chi connectivity index (χ2v) is 11.8. The zero-order valence-corrected chi connectivity index (χ0v) is 21.8. The number of hydrogen-bond donors (Lipinski definition) is 2. The summed E-state index contributed by atoms with van der Waals surface area (Å²) in [7, 11) is 0. The van der Waals surface area contributed by atoms with Crippen LogP contribution in [-0.4, -0.2) is 57.1 Å². The SMILES string of the molecule is CC=C(C)C(=O)[C@@H](C)C1=CC(=O)C2=C(O[C@@]3(C)CC[C@H]4O[C@@H](C(C)(C)O)C[C@H](O)[C@]4(C)[C@H]3C2)C1=O. The minimum Gasteiger partial charge on any atom is -0.483 e. The summed E-state index contributed by atoms with van der Waals surface area (Å²) >= 11 is 0. The van der Waals surface area contributed by atoms with Crippen LogP contribution in [0.1, 0.15) is 74.1 Å². The molecule has 7 nitrogen and oxygen atoms in total. The third-order valence-electron chi connectivity index (χ3n) is 9.11. The molecule has 2 aliphatic heterocycles. The lowest BCUT2D eigenvalue weighted by Crippen LogP contribution is -2.67. The minimum absolute atomic E-state index is 0.0478. The predicted molar refractivity (Wildman–Crippen MR) is 129 cm³/mol. The first-order valence-electron chi connectivity index (χ1n) is 12.6. The molecule has 2 fully saturated rings. The van der Waals surface area contributed by atoms with Crippen molar-refractivity contribution in [2.75, 3.05) is 0 Å². The standard InChI is InChI=1S/C28H38O7/c1-8-14(2)23(31)15(3)16-11-18(29)17-12-19-27(6,35-25(17)24(16)32)10-9-21-28(19,7)20(30)13-22(34-21)26(4,5)33/h8,11,15,19-22,30,33H,9-10,12-13H2,1-7H3/t15-,19-,20-,21+,22+,27-,28-/m0/s1. The van der Waals surface area contributed by atoms with Crippen molar-refractivity contribution in [2.24, 2.45) is 17.3 Å². The molecule has 0 aromatic carbocycles. The topological polar surface area (TPSA) is 110 Å². The van der Waals surface area contributed by atoms with Gasteiger partial charge in [0.05, 0.1) is 23.9 Å². The van der Waals surface area contributed by atoms with Crippen molar-refractivity contribution < 1.29 is 34.1 Å². The quantitative estimate of drug-likeness (QED) is 0.463. The number of fused-ring (bicyclic) bond motifs is 3. The Bertz CT molecular complexity index is 1060. The number of ether oxygens (including phenoxy) is 2. The predicted octanol–water partition coefficient (Wildman–Crippen LogP) is 3.37. The fourth-order valence-corrected chi connectivity index (χ4v) is 6.53. The number of hydrogen-bond acceptors (Lipinski definition) is 7. The molecule has 192 valence electrons. The highest BCUT2D eigenvalue weighted by Gasteiger charge is 2.64. The number of aliphatic hydroxyl groups is 2. The summed E-state index contributed by atoms with van der Waals surface area (Å²) in [6, 6.07) is 0. The maximum absolute atomic E-state index is 13.5. The van der Waals surface area contributed by atoms with E-state index in [1.807, 2.05) is 13.8 Å². The van der Waals surface area contributed by atoms with Gasteiger partial charge in [-0.05, 0) is 65.5 Å². The maximum Gasteiger partial charge on any atom is 0.224 e. The van der Waals surface area contributed by atoms with Gasteiger partial charge in [0.15, 0.2) is 17.3 Å². The number of allylic oxidation sites excluding steroid dienone is 5. The van der Waals surface area contributed by atoms with Crippen molar-refractivity contribution in [3.63, 3.8) is 0 Å². The first kappa shape index (κ1) is 26.0. The average Bonchev–Trinajstić information content (AvgIpc) is 2.79. The van der Waals surface area contributed by atoms with Crippen molar-refractivity contribution in [1.82, 2.24) is 0 Å². The molecule has 0 radical (unpaired) electrons. The molecule has 0 aromatic rings. The average molecular weight is 487 g/mol. The Morgan fingerprint density at radius 2 is 1.94 bits per heavy atom. The summed E-state index contributed by atoms with van der Waals surface area (Å²) < 4.78 is 12.7. The minimum atomic E-state index is -1.09. The van der Waals surface area contributed by atoms with Crippen LogP contribution < -0.4 is 0 Å². The van der Waals surface area contributed by atoms with Gasteiger partial charge >= 0.3 is 0 Å². The first-order valence-corrected chi connectivity index (χ1v) is 12.6. The Labute approximate surface area is 207 Å². The number of aliphatic hydroxyl groups excluding tert-OH is 1. The lowest BCUT2D eigenvalue weighted by Gasteiger charge is -2.62. The fourth-order valence-electron chi connectivity index (χ4n) is 6.53. The molecule has 1 saturated heterocycles. The summed E-state index contributed by atoms with van der Waals surface area (Å²) in [5, 5.41) is 21.9. The van der Waals surface area contributed by atoms with Crippen LogP contribution in [0, 0.1) is 17.3 Å². The summed E-state index contributed by atoms with van der Waals surface area (Å²) in [4.78, 5) is 39.4. The van der Waals surface area contributed by atoms with Crippen LogP contribution >= 0.6 is 0 Å². The van der Waals surface area contributed by atoms with Crippen LogP contribution in [0.5, 0.6) is 0 Å². The molecule has 1 saturated carbocycles. The molecule has 2 N–H and O–H groups in total. The van der Waals surface area contributed by atoms with E-state index in [4.69, 9.17) is 9.47 Å². The highest BCUT2D eigenvalue weighted by molar-refractivity contribution is 6.24. The molecule has 7 atom stereocenters. The van der Waals surface area contributed by atoms with Gasteiger partial charge < -0.3 is 19.7 Å².